The van der Waals surface area contributed by atoms with Crippen molar-refractivity contribution in [3.63, 3.8) is 0 Å². The Kier molecular flexibility index (Phi) is 4.12. The van der Waals surface area contributed by atoms with Crippen LogP contribution in [-0.2, 0) is 0 Å². The SMILES string of the molecule is O=[N+]([O-])c1ccc(Nc2c(F)cc(F)cc2F)cc1I. The lowest BCUT2D eigenvalue weighted by atomic mass is 10.2. The predicted molar refractivity (Wildman–Crippen MR) is 75.4 cm³/mol. The van der Waals surface area contributed by atoms with Crippen LogP contribution in [0.1, 0.15) is 0 Å². The van der Waals surface area contributed by atoms with Crippen molar-refractivity contribution in [1.82, 2.24) is 0 Å². The van der Waals surface area contributed by atoms with Crippen molar-refractivity contribution in [3.8, 4) is 0 Å². The first kappa shape index (κ1) is 14.6. The van der Waals surface area contributed by atoms with E-state index in [1.165, 1.54) is 18.2 Å². The molecule has 0 saturated heterocycles. The van der Waals surface area contributed by atoms with Gasteiger partial charge in [0, 0.05) is 23.9 Å². The third-order valence-corrected chi connectivity index (χ3v) is 3.28. The topological polar surface area (TPSA) is 55.2 Å². The number of benzene rings is 2. The summed E-state index contributed by atoms with van der Waals surface area (Å²) in [6.07, 6.45) is 0. The lowest BCUT2D eigenvalue weighted by Gasteiger charge is -2.09. The van der Waals surface area contributed by atoms with Gasteiger partial charge in [0.15, 0.2) is 11.6 Å². The zero-order valence-corrected chi connectivity index (χ0v) is 11.8. The second-order valence-electron chi connectivity index (χ2n) is 3.79. The van der Waals surface area contributed by atoms with Crippen LogP contribution in [0.2, 0.25) is 0 Å². The predicted octanol–water partition coefficient (Wildman–Crippen LogP) is 4.36. The second-order valence-corrected chi connectivity index (χ2v) is 4.95. The molecule has 8 heteroatoms. The number of nitro groups is 1. The number of nitrogens with one attached hydrogen (secondary N) is 1. The van der Waals surface area contributed by atoms with Crippen molar-refractivity contribution < 1.29 is 18.1 Å². The smallest absolute Gasteiger partial charge is 0.282 e. The Labute approximate surface area is 124 Å². The van der Waals surface area contributed by atoms with E-state index >= 15 is 0 Å². The van der Waals surface area contributed by atoms with Gasteiger partial charge in [0.25, 0.3) is 5.69 Å². The van der Waals surface area contributed by atoms with Gasteiger partial charge < -0.3 is 5.32 Å². The number of rotatable bonds is 3. The Morgan fingerprint density at radius 2 is 1.70 bits per heavy atom. The highest BCUT2D eigenvalue weighted by Gasteiger charge is 2.15. The van der Waals surface area contributed by atoms with Crippen molar-refractivity contribution >= 4 is 39.7 Å². The Balaban J connectivity index is 2.36. The van der Waals surface area contributed by atoms with Crippen molar-refractivity contribution in [2.45, 2.75) is 0 Å². The summed E-state index contributed by atoms with van der Waals surface area (Å²) in [5.74, 6) is -3.20. The van der Waals surface area contributed by atoms with E-state index < -0.39 is 28.1 Å². The first-order valence-corrected chi connectivity index (χ1v) is 6.32. The Morgan fingerprint density at radius 1 is 1.10 bits per heavy atom. The fraction of sp³-hybridized carbons (Fsp3) is 0. The normalized spacial score (nSPS) is 10.4. The fourth-order valence-electron chi connectivity index (χ4n) is 1.54. The molecule has 0 amide bonds. The fourth-order valence-corrected chi connectivity index (χ4v) is 2.25. The van der Waals surface area contributed by atoms with Crippen molar-refractivity contribution in [3.05, 3.63) is 61.5 Å². The van der Waals surface area contributed by atoms with E-state index in [4.69, 9.17) is 0 Å². The molecular formula is C12H6F3IN2O2. The van der Waals surface area contributed by atoms with Crippen LogP contribution in [0, 0.1) is 31.1 Å². The van der Waals surface area contributed by atoms with E-state index in [0.29, 0.717) is 15.7 Å². The molecule has 0 fully saturated rings. The van der Waals surface area contributed by atoms with Gasteiger partial charge in [0.2, 0.25) is 0 Å². The maximum atomic E-state index is 13.5. The van der Waals surface area contributed by atoms with E-state index in [1.54, 1.807) is 22.6 Å². The molecule has 104 valence electrons. The van der Waals surface area contributed by atoms with Crippen LogP contribution < -0.4 is 5.32 Å². The molecule has 2 rings (SSSR count). The van der Waals surface area contributed by atoms with Crippen LogP contribution in [0.15, 0.2) is 30.3 Å². The van der Waals surface area contributed by atoms with Gasteiger partial charge in [-0.3, -0.25) is 10.1 Å². The second kappa shape index (κ2) is 5.65. The van der Waals surface area contributed by atoms with E-state index in [-0.39, 0.29) is 11.4 Å². The van der Waals surface area contributed by atoms with Gasteiger partial charge in [-0.1, -0.05) is 0 Å². The number of nitrogens with zero attached hydrogens (tertiary/aromatic N) is 1. The number of halogens is 4. The molecule has 0 spiro atoms. The summed E-state index contributed by atoms with van der Waals surface area (Å²) in [4.78, 5) is 10.1. The molecule has 0 aliphatic rings. The van der Waals surface area contributed by atoms with Crippen molar-refractivity contribution in [2.24, 2.45) is 0 Å². The zero-order chi connectivity index (χ0) is 14.9. The number of anilines is 2. The number of hydrogen-bond acceptors (Lipinski definition) is 3. The third-order valence-electron chi connectivity index (χ3n) is 2.42. The molecule has 4 nitrogen and oxygen atoms in total. The van der Waals surface area contributed by atoms with Gasteiger partial charge >= 0.3 is 0 Å². The maximum Gasteiger partial charge on any atom is 0.282 e. The van der Waals surface area contributed by atoms with Gasteiger partial charge in [-0.25, -0.2) is 13.2 Å². The van der Waals surface area contributed by atoms with E-state index in [0.717, 1.165) is 0 Å². The van der Waals surface area contributed by atoms with E-state index in [2.05, 4.69) is 5.32 Å². The summed E-state index contributed by atoms with van der Waals surface area (Å²) in [6, 6.07) is 4.97. The van der Waals surface area contributed by atoms with Gasteiger partial charge in [-0.05, 0) is 34.7 Å². The van der Waals surface area contributed by atoms with Gasteiger partial charge in [-0.15, -0.1) is 0 Å². The lowest BCUT2D eigenvalue weighted by molar-refractivity contribution is -0.385. The van der Waals surface area contributed by atoms with Crippen LogP contribution >= 0.6 is 22.6 Å². The van der Waals surface area contributed by atoms with E-state index in [1.807, 2.05) is 0 Å². The molecule has 0 aliphatic heterocycles. The van der Waals surface area contributed by atoms with Crippen LogP contribution in [-0.4, -0.2) is 4.92 Å². The quantitative estimate of drug-likeness (QED) is 0.478. The summed E-state index contributed by atoms with van der Waals surface area (Å²) in [6.45, 7) is 0. The van der Waals surface area contributed by atoms with Crippen molar-refractivity contribution in [1.29, 1.82) is 0 Å². The summed E-state index contributed by atoms with van der Waals surface area (Å²) in [5, 5.41) is 13.1. The highest BCUT2D eigenvalue weighted by Crippen LogP contribution is 2.28. The highest BCUT2D eigenvalue weighted by molar-refractivity contribution is 14.1. The van der Waals surface area contributed by atoms with Gasteiger partial charge in [0.1, 0.15) is 11.5 Å². The molecule has 0 heterocycles. The minimum absolute atomic E-state index is 0.115. The Bertz CT molecular complexity index is 671. The maximum absolute atomic E-state index is 13.5. The van der Waals surface area contributed by atoms with E-state index in [9.17, 15) is 23.3 Å². The zero-order valence-electron chi connectivity index (χ0n) is 9.66. The molecule has 0 unspecified atom stereocenters. The molecule has 20 heavy (non-hydrogen) atoms. The molecule has 2 aromatic rings. The Morgan fingerprint density at radius 3 is 2.20 bits per heavy atom. The van der Waals surface area contributed by atoms with Gasteiger partial charge in [-0.2, -0.15) is 0 Å². The summed E-state index contributed by atoms with van der Waals surface area (Å²) < 4.78 is 40.0. The molecule has 0 atom stereocenters. The molecule has 1 N–H and O–H groups in total. The average molecular weight is 394 g/mol. The average Bonchev–Trinajstić information content (AvgIpc) is 2.33. The Hall–Kier alpha value is -1.84. The molecule has 0 saturated carbocycles. The molecule has 0 bridgehead atoms. The summed E-state index contributed by atoms with van der Waals surface area (Å²) in [5.41, 5.74) is -0.378. The minimum atomic E-state index is -1.09. The lowest BCUT2D eigenvalue weighted by Crippen LogP contribution is -2.00. The number of nitro benzene ring substituents is 1. The van der Waals surface area contributed by atoms with Crippen LogP contribution in [0.4, 0.5) is 30.2 Å². The number of hydrogen-bond donors (Lipinski definition) is 1. The molecule has 2 aromatic carbocycles. The summed E-state index contributed by atoms with van der Waals surface area (Å²) in [7, 11) is 0. The van der Waals surface area contributed by atoms with Crippen LogP contribution in [0.5, 0.6) is 0 Å². The molecule has 0 aromatic heterocycles. The third kappa shape index (κ3) is 3.00. The minimum Gasteiger partial charge on any atom is -0.351 e. The van der Waals surface area contributed by atoms with Crippen molar-refractivity contribution in [2.75, 3.05) is 5.32 Å². The molecule has 0 radical (unpaired) electrons. The van der Waals surface area contributed by atoms with Crippen LogP contribution in [0.3, 0.4) is 0 Å². The highest BCUT2D eigenvalue weighted by atomic mass is 127. The van der Waals surface area contributed by atoms with Crippen LogP contribution in [0.25, 0.3) is 0 Å². The molecule has 0 aliphatic carbocycles. The monoisotopic (exact) mass is 394 g/mol. The first-order valence-electron chi connectivity index (χ1n) is 5.24. The first-order chi connectivity index (χ1) is 9.38. The van der Waals surface area contributed by atoms with Gasteiger partial charge in [0.05, 0.1) is 8.49 Å². The molecular weight excluding hydrogens is 388 g/mol. The largest absolute Gasteiger partial charge is 0.351 e. The standard InChI is InChI=1S/C12H6F3IN2O2/c13-6-3-8(14)12(9(15)4-6)17-7-1-2-11(18(19)20)10(16)5-7/h1-5,17H. The summed E-state index contributed by atoms with van der Waals surface area (Å²) >= 11 is 1.74.